The number of aliphatic hydroxyl groups is 1. The van der Waals surface area contributed by atoms with Crippen LogP contribution in [0.25, 0.3) is 10.9 Å². The summed E-state index contributed by atoms with van der Waals surface area (Å²) >= 11 is 0. The zero-order chi connectivity index (χ0) is 10.8. The summed E-state index contributed by atoms with van der Waals surface area (Å²) in [6, 6.07) is 6.09. The first kappa shape index (κ1) is 10.2. The number of aromatic nitrogens is 1. The first-order valence-electron chi connectivity index (χ1n) is 5.22. The van der Waals surface area contributed by atoms with Crippen LogP contribution < -0.4 is 5.73 Å². The predicted octanol–water partition coefficient (Wildman–Crippen LogP) is 1.61. The second kappa shape index (κ2) is 4.04. The van der Waals surface area contributed by atoms with Crippen LogP contribution in [-0.4, -0.2) is 9.67 Å². The van der Waals surface area contributed by atoms with Gasteiger partial charge in [0.15, 0.2) is 0 Å². The fraction of sp³-hybridized carbons (Fsp3) is 0.333. The lowest BCUT2D eigenvalue weighted by Gasteiger charge is -2.03. The summed E-state index contributed by atoms with van der Waals surface area (Å²) in [5.41, 5.74) is 8.92. The zero-order valence-corrected chi connectivity index (χ0v) is 8.90. The van der Waals surface area contributed by atoms with E-state index in [0.717, 1.165) is 28.6 Å². The van der Waals surface area contributed by atoms with Gasteiger partial charge in [0.1, 0.15) is 0 Å². The maximum atomic E-state index is 9.31. The van der Waals surface area contributed by atoms with Crippen LogP contribution in [0.3, 0.4) is 0 Å². The molecule has 0 unspecified atom stereocenters. The molecule has 0 spiro atoms. The predicted molar refractivity (Wildman–Crippen MR) is 61.4 cm³/mol. The third-order valence-corrected chi connectivity index (χ3v) is 2.80. The first-order chi connectivity index (χ1) is 7.31. The lowest BCUT2D eigenvalue weighted by Crippen LogP contribution is -1.98. The Morgan fingerprint density at radius 1 is 1.33 bits per heavy atom. The summed E-state index contributed by atoms with van der Waals surface area (Å²) in [4.78, 5) is 0. The van der Waals surface area contributed by atoms with Crippen molar-refractivity contribution in [2.75, 3.05) is 0 Å². The topological polar surface area (TPSA) is 51.2 Å². The minimum atomic E-state index is 0.0700. The quantitative estimate of drug-likeness (QED) is 0.798. The van der Waals surface area contributed by atoms with Crippen molar-refractivity contribution in [3.8, 4) is 0 Å². The number of benzene rings is 1. The average Bonchev–Trinajstić information content (AvgIpc) is 2.66. The van der Waals surface area contributed by atoms with E-state index < -0.39 is 0 Å². The molecule has 0 saturated heterocycles. The van der Waals surface area contributed by atoms with Gasteiger partial charge in [-0.15, -0.1) is 0 Å². The Morgan fingerprint density at radius 3 is 2.73 bits per heavy atom. The van der Waals surface area contributed by atoms with Crippen LogP contribution in [0.5, 0.6) is 0 Å². The lowest BCUT2D eigenvalue weighted by atomic mass is 10.1. The highest BCUT2D eigenvalue weighted by Crippen LogP contribution is 2.25. The molecule has 0 aliphatic rings. The summed E-state index contributed by atoms with van der Waals surface area (Å²) in [5, 5.41) is 10.4. The molecule has 3 N–H and O–H groups in total. The van der Waals surface area contributed by atoms with Gasteiger partial charge in [0, 0.05) is 35.8 Å². The van der Waals surface area contributed by atoms with Crippen LogP contribution >= 0.6 is 0 Å². The van der Waals surface area contributed by atoms with Gasteiger partial charge in [0.05, 0.1) is 6.61 Å². The second-order valence-corrected chi connectivity index (χ2v) is 3.61. The molecule has 1 aromatic heterocycles. The molecule has 3 nitrogen and oxygen atoms in total. The van der Waals surface area contributed by atoms with Crippen molar-refractivity contribution >= 4 is 10.9 Å². The Morgan fingerprint density at radius 2 is 2.13 bits per heavy atom. The molecule has 1 heterocycles. The van der Waals surface area contributed by atoms with Crippen LogP contribution in [0.2, 0.25) is 0 Å². The van der Waals surface area contributed by atoms with Gasteiger partial charge < -0.3 is 15.4 Å². The maximum Gasteiger partial charge on any atom is 0.0702 e. The Balaban J connectivity index is 2.78. The van der Waals surface area contributed by atoms with E-state index in [1.54, 1.807) is 0 Å². The zero-order valence-electron chi connectivity index (χ0n) is 8.90. The molecule has 0 aliphatic heterocycles. The Hall–Kier alpha value is -1.32. The van der Waals surface area contributed by atoms with Crippen LogP contribution in [0.4, 0.5) is 0 Å². The molecule has 0 aliphatic carbocycles. The minimum absolute atomic E-state index is 0.0700. The largest absolute Gasteiger partial charge is 0.392 e. The number of rotatable bonds is 3. The summed E-state index contributed by atoms with van der Waals surface area (Å²) in [6.07, 6.45) is 2.00. The Bertz CT molecular complexity index is 474. The number of nitrogens with zero attached hydrogens (tertiary/aromatic N) is 1. The summed E-state index contributed by atoms with van der Waals surface area (Å²) in [5.74, 6) is 0. The standard InChI is InChI=1S/C12H16N2O/c1-2-14-7-10(8-15)12-9(6-13)4-3-5-11(12)14/h3-5,7,15H,2,6,8,13H2,1H3. The average molecular weight is 204 g/mol. The van der Waals surface area contributed by atoms with Gasteiger partial charge in [-0.3, -0.25) is 0 Å². The van der Waals surface area contributed by atoms with Crippen molar-refractivity contribution in [1.82, 2.24) is 4.57 Å². The van der Waals surface area contributed by atoms with Gasteiger partial charge in [0.25, 0.3) is 0 Å². The van der Waals surface area contributed by atoms with E-state index >= 15 is 0 Å². The van der Waals surface area contributed by atoms with Gasteiger partial charge in [-0.25, -0.2) is 0 Å². The molecule has 2 rings (SSSR count). The number of hydrogen-bond donors (Lipinski definition) is 2. The van der Waals surface area contributed by atoms with E-state index in [9.17, 15) is 5.11 Å². The fourth-order valence-electron chi connectivity index (χ4n) is 2.07. The lowest BCUT2D eigenvalue weighted by molar-refractivity contribution is 0.283. The van der Waals surface area contributed by atoms with Crippen molar-refractivity contribution in [3.63, 3.8) is 0 Å². The number of aryl methyl sites for hydroxylation is 1. The molecule has 1 aromatic carbocycles. The number of nitrogens with two attached hydrogens (primary N) is 1. The summed E-state index contributed by atoms with van der Waals surface area (Å²) in [7, 11) is 0. The van der Waals surface area contributed by atoms with E-state index in [2.05, 4.69) is 17.6 Å². The van der Waals surface area contributed by atoms with E-state index in [-0.39, 0.29) is 6.61 Å². The number of hydrogen-bond acceptors (Lipinski definition) is 2. The van der Waals surface area contributed by atoms with Crippen molar-refractivity contribution < 1.29 is 5.11 Å². The third-order valence-electron chi connectivity index (χ3n) is 2.80. The normalized spacial score (nSPS) is 11.1. The van der Waals surface area contributed by atoms with Gasteiger partial charge in [0.2, 0.25) is 0 Å². The van der Waals surface area contributed by atoms with Crippen LogP contribution in [0.15, 0.2) is 24.4 Å². The molecule has 0 saturated carbocycles. The summed E-state index contributed by atoms with van der Waals surface area (Å²) < 4.78 is 2.14. The van der Waals surface area contributed by atoms with E-state index in [0.29, 0.717) is 6.54 Å². The first-order valence-corrected chi connectivity index (χ1v) is 5.22. The molecular weight excluding hydrogens is 188 g/mol. The number of fused-ring (bicyclic) bond motifs is 1. The molecule has 15 heavy (non-hydrogen) atoms. The molecular formula is C12H16N2O. The van der Waals surface area contributed by atoms with Gasteiger partial charge in [-0.2, -0.15) is 0 Å². The van der Waals surface area contributed by atoms with E-state index in [4.69, 9.17) is 5.73 Å². The van der Waals surface area contributed by atoms with Crippen molar-refractivity contribution in [1.29, 1.82) is 0 Å². The second-order valence-electron chi connectivity index (χ2n) is 3.61. The molecule has 0 fully saturated rings. The van der Waals surface area contributed by atoms with E-state index in [1.165, 1.54) is 0 Å². The monoisotopic (exact) mass is 204 g/mol. The van der Waals surface area contributed by atoms with Gasteiger partial charge in [-0.1, -0.05) is 12.1 Å². The van der Waals surface area contributed by atoms with Crippen molar-refractivity contribution in [2.24, 2.45) is 5.73 Å². The molecule has 2 aromatic rings. The van der Waals surface area contributed by atoms with Crippen molar-refractivity contribution in [3.05, 3.63) is 35.5 Å². The third kappa shape index (κ3) is 1.54. The highest BCUT2D eigenvalue weighted by atomic mass is 16.3. The maximum absolute atomic E-state index is 9.31. The molecule has 0 bridgehead atoms. The smallest absolute Gasteiger partial charge is 0.0702 e. The fourth-order valence-corrected chi connectivity index (χ4v) is 2.07. The Kier molecular flexibility index (Phi) is 2.75. The molecule has 80 valence electrons. The SMILES string of the molecule is CCn1cc(CO)c2c(CN)cccc21. The highest BCUT2D eigenvalue weighted by Gasteiger charge is 2.09. The number of aliphatic hydroxyl groups excluding tert-OH is 1. The van der Waals surface area contributed by atoms with Crippen LogP contribution in [-0.2, 0) is 19.7 Å². The molecule has 0 amide bonds. The molecule has 0 atom stereocenters. The van der Waals surface area contributed by atoms with Crippen LogP contribution in [0, 0.1) is 0 Å². The van der Waals surface area contributed by atoms with Gasteiger partial charge in [-0.05, 0) is 18.6 Å². The van der Waals surface area contributed by atoms with Crippen LogP contribution in [0.1, 0.15) is 18.1 Å². The van der Waals surface area contributed by atoms with E-state index in [1.807, 2.05) is 18.3 Å². The summed E-state index contributed by atoms with van der Waals surface area (Å²) in [6.45, 7) is 3.58. The molecule has 3 heteroatoms. The molecule has 0 radical (unpaired) electrons. The van der Waals surface area contributed by atoms with Crippen molar-refractivity contribution in [2.45, 2.75) is 26.6 Å². The Labute approximate surface area is 89.1 Å². The minimum Gasteiger partial charge on any atom is -0.392 e. The van der Waals surface area contributed by atoms with Gasteiger partial charge >= 0.3 is 0 Å². The highest BCUT2D eigenvalue weighted by molar-refractivity contribution is 5.87.